The van der Waals surface area contributed by atoms with Gasteiger partial charge in [-0.3, -0.25) is 4.79 Å². The average Bonchev–Trinajstić information content (AvgIpc) is 2.32. The second kappa shape index (κ2) is 4.30. The van der Waals surface area contributed by atoms with E-state index in [-0.39, 0.29) is 12.0 Å². The molecule has 2 aromatic rings. The Kier molecular flexibility index (Phi) is 2.84. The van der Waals surface area contributed by atoms with Gasteiger partial charge in [0, 0.05) is 17.6 Å². The van der Waals surface area contributed by atoms with E-state index < -0.39 is 0 Å². The van der Waals surface area contributed by atoms with Crippen LogP contribution in [0.1, 0.15) is 5.56 Å². The predicted octanol–water partition coefficient (Wildman–Crippen LogP) is 1.84. The zero-order valence-electron chi connectivity index (χ0n) is 9.73. The Balaban J connectivity index is 2.93. The van der Waals surface area contributed by atoms with E-state index in [9.17, 15) is 4.79 Å². The van der Waals surface area contributed by atoms with Gasteiger partial charge in [-0.15, -0.1) is 0 Å². The van der Waals surface area contributed by atoms with E-state index >= 15 is 0 Å². The molecule has 4 heteroatoms. The normalized spacial score (nSPS) is 10.2. The van der Waals surface area contributed by atoms with Crippen LogP contribution < -0.4 is 10.2 Å². The number of ether oxygens (including phenoxy) is 1. The Morgan fingerprint density at radius 2 is 2.24 bits per heavy atom. The van der Waals surface area contributed by atoms with Crippen molar-refractivity contribution in [2.45, 2.75) is 13.5 Å². The minimum absolute atomic E-state index is 0.0591. The van der Waals surface area contributed by atoms with E-state index in [4.69, 9.17) is 10.00 Å². The number of nitriles is 1. The van der Waals surface area contributed by atoms with Gasteiger partial charge in [-0.05, 0) is 24.6 Å². The molecule has 2 rings (SSSR count). The summed E-state index contributed by atoms with van der Waals surface area (Å²) in [4.78, 5) is 11.8. The van der Waals surface area contributed by atoms with Gasteiger partial charge in [0.2, 0.25) is 0 Å². The predicted molar refractivity (Wildman–Crippen MR) is 65.1 cm³/mol. The van der Waals surface area contributed by atoms with Gasteiger partial charge in [-0.1, -0.05) is 0 Å². The SMILES string of the molecule is COc1cc(C)cc2c(=O)ccn(CC#N)c12. The first-order chi connectivity index (χ1) is 8.17. The maximum absolute atomic E-state index is 11.8. The van der Waals surface area contributed by atoms with Gasteiger partial charge in [0.15, 0.2) is 5.43 Å². The zero-order valence-corrected chi connectivity index (χ0v) is 9.73. The first-order valence-corrected chi connectivity index (χ1v) is 5.22. The average molecular weight is 228 g/mol. The summed E-state index contributed by atoms with van der Waals surface area (Å²) < 4.78 is 7.00. The molecule has 4 nitrogen and oxygen atoms in total. The topological polar surface area (TPSA) is 55.0 Å². The molecule has 0 N–H and O–H groups in total. The molecule has 0 saturated heterocycles. The van der Waals surface area contributed by atoms with Crippen LogP contribution in [0.5, 0.6) is 5.75 Å². The molecule has 17 heavy (non-hydrogen) atoms. The number of nitrogens with zero attached hydrogens (tertiary/aromatic N) is 2. The second-order valence-corrected chi connectivity index (χ2v) is 3.83. The van der Waals surface area contributed by atoms with Crippen LogP contribution in [0.4, 0.5) is 0 Å². The molecular weight excluding hydrogens is 216 g/mol. The van der Waals surface area contributed by atoms with Crippen molar-refractivity contribution in [2.24, 2.45) is 0 Å². The van der Waals surface area contributed by atoms with Crippen molar-refractivity contribution in [3.8, 4) is 11.8 Å². The quantitative estimate of drug-likeness (QED) is 0.788. The number of aryl methyl sites for hydroxylation is 1. The van der Waals surface area contributed by atoms with Crippen LogP contribution in [0, 0.1) is 18.3 Å². The van der Waals surface area contributed by atoms with Crippen LogP contribution in [0.15, 0.2) is 29.2 Å². The molecule has 86 valence electrons. The Morgan fingerprint density at radius 1 is 1.47 bits per heavy atom. The minimum Gasteiger partial charge on any atom is -0.495 e. The fourth-order valence-corrected chi connectivity index (χ4v) is 1.92. The molecular formula is C13H12N2O2. The molecule has 0 saturated carbocycles. The van der Waals surface area contributed by atoms with Crippen LogP contribution >= 0.6 is 0 Å². The smallest absolute Gasteiger partial charge is 0.189 e. The van der Waals surface area contributed by atoms with Gasteiger partial charge in [0.25, 0.3) is 0 Å². The van der Waals surface area contributed by atoms with Gasteiger partial charge >= 0.3 is 0 Å². The molecule has 0 spiro atoms. The van der Waals surface area contributed by atoms with Crippen LogP contribution in [-0.4, -0.2) is 11.7 Å². The second-order valence-electron chi connectivity index (χ2n) is 3.83. The molecule has 0 amide bonds. The number of aromatic nitrogens is 1. The summed E-state index contributed by atoms with van der Waals surface area (Å²) in [6, 6.07) is 7.21. The van der Waals surface area contributed by atoms with Crippen LogP contribution in [0.25, 0.3) is 10.9 Å². The Hall–Kier alpha value is -2.28. The fourth-order valence-electron chi connectivity index (χ4n) is 1.92. The van der Waals surface area contributed by atoms with Crippen molar-refractivity contribution in [3.05, 3.63) is 40.2 Å². The Labute approximate surface area is 98.7 Å². The van der Waals surface area contributed by atoms with Gasteiger partial charge < -0.3 is 9.30 Å². The molecule has 0 bridgehead atoms. The summed E-state index contributed by atoms with van der Waals surface area (Å²) >= 11 is 0. The summed E-state index contributed by atoms with van der Waals surface area (Å²) in [5.41, 5.74) is 1.57. The highest BCUT2D eigenvalue weighted by Gasteiger charge is 2.09. The first kappa shape index (κ1) is 11.2. The molecule has 0 aliphatic carbocycles. The Morgan fingerprint density at radius 3 is 2.88 bits per heavy atom. The van der Waals surface area contributed by atoms with Crippen LogP contribution in [0.2, 0.25) is 0 Å². The molecule has 0 fully saturated rings. The lowest BCUT2D eigenvalue weighted by Gasteiger charge is -2.11. The number of fused-ring (bicyclic) bond motifs is 1. The van der Waals surface area contributed by atoms with Crippen molar-refractivity contribution in [2.75, 3.05) is 7.11 Å². The molecule has 1 aromatic heterocycles. The van der Waals surface area contributed by atoms with E-state index in [1.54, 1.807) is 17.9 Å². The summed E-state index contributed by atoms with van der Waals surface area (Å²) in [7, 11) is 1.56. The van der Waals surface area contributed by atoms with Gasteiger partial charge in [0.05, 0.1) is 18.7 Å². The molecule has 1 heterocycles. The molecule has 0 aliphatic rings. The monoisotopic (exact) mass is 228 g/mol. The van der Waals surface area contributed by atoms with Crippen molar-refractivity contribution in [1.29, 1.82) is 5.26 Å². The van der Waals surface area contributed by atoms with Crippen LogP contribution in [0.3, 0.4) is 0 Å². The van der Waals surface area contributed by atoms with E-state index in [2.05, 4.69) is 6.07 Å². The summed E-state index contributed by atoms with van der Waals surface area (Å²) in [6.45, 7) is 2.10. The highest BCUT2D eigenvalue weighted by molar-refractivity contribution is 5.85. The lowest BCUT2D eigenvalue weighted by Crippen LogP contribution is -2.09. The molecule has 0 unspecified atom stereocenters. The Bertz CT molecular complexity index is 660. The number of methoxy groups -OCH3 is 1. The molecule has 0 radical (unpaired) electrons. The van der Waals surface area contributed by atoms with Crippen LogP contribution in [-0.2, 0) is 6.54 Å². The van der Waals surface area contributed by atoms with E-state index in [1.165, 1.54) is 6.07 Å². The minimum atomic E-state index is -0.0591. The van der Waals surface area contributed by atoms with Crippen molar-refractivity contribution in [1.82, 2.24) is 4.57 Å². The standard InChI is InChI=1S/C13H12N2O2/c1-9-7-10-11(16)3-5-15(6-4-14)13(10)12(8-9)17-2/h3,5,7-8H,6H2,1-2H3. The molecule has 1 aromatic carbocycles. The number of pyridine rings is 1. The van der Waals surface area contributed by atoms with Crippen molar-refractivity contribution < 1.29 is 4.74 Å². The molecule has 0 atom stereocenters. The lowest BCUT2D eigenvalue weighted by atomic mass is 10.1. The van der Waals surface area contributed by atoms with E-state index in [1.807, 2.05) is 19.1 Å². The van der Waals surface area contributed by atoms with Gasteiger partial charge in [0.1, 0.15) is 12.3 Å². The highest BCUT2D eigenvalue weighted by Crippen LogP contribution is 2.25. The third-order valence-electron chi connectivity index (χ3n) is 2.64. The molecule has 0 aliphatic heterocycles. The number of rotatable bonds is 2. The maximum atomic E-state index is 11.8. The van der Waals surface area contributed by atoms with Gasteiger partial charge in [-0.2, -0.15) is 5.26 Å². The van der Waals surface area contributed by atoms with Crippen molar-refractivity contribution >= 4 is 10.9 Å². The summed E-state index contributed by atoms with van der Waals surface area (Å²) in [5.74, 6) is 0.618. The zero-order chi connectivity index (χ0) is 12.4. The van der Waals surface area contributed by atoms with E-state index in [0.29, 0.717) is 16.7 Å². The number of hydrogen-bond acceptors (Lipinski definition) is 3. The number of hydrogen-bond donors (Lipinski definition) is 0. The van der Waals surface area contributed by atoms with Crippen molar-refractivity contribution in [3.63, 3.8) is 0 Å². The third-order valence-corrected chi connectivity index (χ3v) is 2.64. The summed E-state index contributed by atoms with van der Waals surface area (Å²) in [5, 5.41) is 9.36. The largest absolute Gasteiger partial charge is 0.495 e. The number of benzene rings is 1. The fraction of sp³-hybridized carbons (Fsp3) is 0.231. The van der Waals surface area contributed by atoms with E-state index in [0.717, 1.165) is 5.56 Å². The van der Waals surface area contributed by atoms with Gasteiger partial charge in [-0.25, -0.2) is 0 Å². The first-order valence-electron chi connectivity index (χ1n) is 5.22. The lowest BCUT2D eigenvalue weighted by molar-refractivity contribution is 0.417. The highest BCUT2D eigenvalue weighted by atomic mass is 16.5. The maximum Gasteiger partial charge on any atom is 0.189 e. The third kappa shape index (κ3) is 1.87. The summed E-state index contributed by atoms with van der Waals surface area (Å²) in [6.07, 6.45) is 1.62.